The smallest absolute Gasteiger partial charge is 0.126 e. The van der Waals surface area contributed by atoms with Crippen LogP contribution in [0.15, 0.2) is 36.4 Å². The minimum absolute atomic E-state index is 0.00903. The monoisotopic (exact) mass is 548 g/mol. The van der Waals surface area contributed by atoms with Crippen LogP contribution in [0.5, 0.6) is 0 Å². The van der Waals surface area contributed by atoms with Gasteiger partial charge in [0.2, 0.25) is 0 Å². The summed E-state index contributed by atoms with van der Waals surface area (Å²) in [5.74, 6) is 4.00. The Bertz CT molecular complexity index is 1050. The molecule has 3 aliphatic rings. The molecule has 0 atom stereocenters. The van der Waals surface area contributed by atoms with Gasteiger partial charge in [-0.2, -0.15) is 0 Å². The van der Waals surface area contributed by atoms with Crippen molar-refractivity contribution in [1.29, 1.82) is 0 Å². The van der Waals surface area contributed by atoms with Crippen molar-refractivity contribution in [3.05, 3.63) is 70.3 Å². The van der Waals surface area contributed by atoms with E-state index in [0.717, 1.165) is 54.6 Å². The van der Waals surface area contributed by atoms with Crippen molar-refractivity contribution in [3.8, 4) is 0 Å². The molecule has 0 saturated heterocycles. The zero-order chi connectivity index (χ0) is 27.9. The van der Waals surface area contributed by atoms with E-state index in [4.69, 9.17) is 0 Å². The highest BCUT2D eigenvalue weighted by Crippen LogP contribution is 2.46. The first kappa shape index (κ1) is 29.8. The molecule has 0 aliphatic heterocycles. The van der Waals surface area contributed by atoms with Crippen LogP contribution in [-0.2, 0) is 6.42 Å². The fourth-order valence-electron chi connectivity index (χ4n) is 8.71. The largest absolute Gasteiger partial charge is 0.207 e. The number of unbranched alkanes of at least 4 members (excludes halogenated alkanes) is 2. The fraction of sp³-hybridized carbons (Fsp3) is 0.684. The molecule has 3 aliphatic carbocycles. The van der Waals surface area contributed by atoms with Crippen LogP contribution < -0.4 is 0 Å². The van der Waals surface area contributed by atoms with E-state index >= 15 is 4.39 Å². The van der Waals surface area contributed by atoms with E-state index in [2.05, 4.69) is 32.0 Å². The van der Waals surface area contributed by atoms with Gasteiger partial charge in [0.05, 0.1) is 0 Å². The maximum absolute atomic E-state index is 15.4. The van der Waals surface area contributed by atoms with Crippen molar-refractivity contribution in [2.45, 2.75) is 147 Å². The highest BCUT2D eigenvalue weighted by atomic mass is 19.1. The third-order valence-electron chi connectivity index (χ3n) is 11.3. The van der Waals surface area contributed by atoms with Gasteiger partial charge in [0.25, 0.3) is 0 Å². The third-order valence-corrected chi connectivity index (χ3v) is 11.3. The number of halogens is 2. The van der Waals surface area contributed by atoms with E-state index < -0.39 is 0 Å². The van der Waals surface area contributed by atoms with Crippen LogP contribution in [0.4, 0.5) is 8.78 Å². The highest BCUT2D eigenvalue weighted by molar-refractivity contribution is 5.30. The lowest BCUT2D eigenvalue weighted by atomic mass is 9.67. The summed E-state index contributed by atoms with van der Waals surface area (Å²) in [6.45, 7) is 4.39. The van der Waals surface area contributed by atoms with Gasteiger partial charge in [-0.25, -0.2) is 8.78 Å². The third kappa shape index (κ3) is 7.38. The molecule has 2 heteroatoms. The van der Waals surface area contributed by atoms with Crippen LogP contribution in [0.3, 0.4) is 0 Å². The summed E-state index contributed by atoms with van der Waals surface area (Å²) in [4.78, 5) is 0. The summed E-state index contributed by atoms with van der Waals surface area (Å²) < 4.78 is 29.9. The van der Waals surface area contributed by atoms with Gasteiger partial charge < -0.3 is 0 Å². The maximum Gasteiger partial charge on any atom is 0.126 e. The first-order valence-corrected chi connectivity index (χ1v) is 17.1. The molecule has 0 bridgehead atoms. The fourth-order valence-corrected chi connectivity index (χ4v) is 8.71. The molecule has 0 nitrogen and oxygen atoms in total. The van der Waals surface area contributed by atoms with E-state index in [-0.39, 0.29) is 11.6 Å². The molecule has 5 rings (SSSR count). The van der Waals surface area contributed by atoms with E-state index in [1.54, 1.807) is 0 Å². The Labute approximate surface area is 243 Å². The van der Waals surface area contributed by atoms with Crippen molar-refractivity contribution in [2.75, 3.05) is 0 Å². The predicted molar refractivity (Wildman–Crippen MR) is 165 cm³/mol. The molecule has 0 spiro atoms. The second-order valence-electron chi connectivity index (χ2n) is 13.8. The van der Waals surface area contributed by atoms with Gasteiger partial charge in [-0.1, -0.05) is 70.2 Å². The topological polar surface area (TPSA) is 0 Å². The van der Waals surface area contributed by atoms with Gasteiger partial charge >= 0.3 is 0 Å². The van der Waals surface area contributed by atoms with Gasteiger partial charge in [0.15, 0.2) is 0 Å². The Morgan fingerprint density at radius 3 is 1.68 bits per heavy atom. The summed E-state index contributed by atoms with van der Waals surface area (Å²) in [5, 5.41) is 0. The Morgan fingerprint density at radius 1 is 0.575 bits per heavy atom. The molecular weight excluding hydrogens is 494 g/mol. The minimum atomic E-state index is -0.00903. The molecule has 0 radical (unpaired) electrons. The van der Waals surface area contributed by atoms with Gasteiger partial charge in [0.1, 0.15) is 11.6 Å². The van der Waals surface area contributed by atoms with Crippen molar-refractivity contribution >= 4 is 0 Å². The Hall–Kier alpha value is -1.70. The lowest BCUT2D eigenvalue weighted by molar-refractivity contribution is 0.176. The van der Waals surface area contributed by atoms with Crippen LogP contribution in [0.1, 0.15) is 163 Å². The SMILES string of the molecule is CCCCCC1CCC(c2ccc(C3CCC(C4CCC(c5ccc(CCC)c(F)c5)CC4)CC3)c(F)c2)CC1. The second-order valence-corrected chi connectivity index (χ2v) is 13.8. The van der Waals surface area contributed by atoms with Crippen molar-refractivity contribution in [2.24, 2.45) is 17.8 Å². The molecule has 3 saturated carbocycles. The number of rotatable bonds is 10. The minimum Gasteiger partial charge on any atom is -0.207 e. The van der Waals surface area contributed by atoms with E-state index in [1.165, 1.54) is 101 Å². The first-order chi connectivity index (χ1) is 19.6. The van der Waals surface area contributed by atoms with Crippen molar-refractivity contribution in [1.82, 2.24) is 0 Å². The summed E-state index contributed by atoms with van der Waals surface area (Å²) in [6.07, 6.45) is 22.0. The summed E-state index contributed by atoms with van der Waals surface area (Å²) in [6, 6.07) is 12.4. The van der Waals surface area contributed by atoms with E-state index in [9.17, 15) is 4.39 Å². The standard InChI is InChI=1S/C38H54F2/c1-3-5-6-8-27-9-11-30(12-10-27)35-23-24-36(38(40)26-35)32-19-17-29(18-20-32)28-13-15-31(16-14-28)34-22-21-33(7-4-2)37(39)25-34/h21-32H,3-20H2,1-2H3. The molecular formula is C38H54F2. The van der Waals surface area contributed by atoms with Crippen LogP contribution in [0.2, 0.25) is 0 Å². The molecule has 0 N–H and O–H groups in total. The van der Waals surface area contributed by atoms with Crippen LogP contribution in [-0.4, -0.2) is 0 Å². The molecule has 0 heterocycles. The molecule has 0 aromatic heterocycles. The molecule has 40 heavy (non-hydrogen) atoms. The number of benzene rings is 2. The Balaban J connectivity index is 1.08. The summed E-state index contributed by atoms with van der Waals surface area (Å²) >= 11 is 0. The molecule has 0 unspecified atom stereocenters. The molecule has 220 valence electrons. The number of hydrogen-bond acceptors (Lipinski definition) is 0. The van der Waals surface area contributed by atoms with Gasteiger partial charge in [-0.05, 0) is 153 Å². The first-order valence-electron chi connectivity index (χ1n) is 17.1. The van der Waals surface area contributed by atoms with Crippen molar-refractivity contribution < 1.29 is 8.78 Å². The van der Waals surface area contributed by atoms with E-state index in [0.29, 0.717) is 17.8 Å². The van der Waals surface area contributed by atoms with Crippen LogP contribution >= 0.6 is 0 Å². The summed E-state index contributed by atoms with van der Waals surface area (Å²) in [5.41, 5.74) is 4.30. The zero-order valence-corrected chi connectivity index (χ0v) is 25.4. The lowest BCUT2D eigenvalue weighted by Crippen LogP contribution is -2.25. The molecule has 3 fully saturated rings. The number of aryl methyl sites for hydroxylation is 1. The zero-order valence-electron chi connectivity index (χ0n) is 25.4. The Morgan fingerprint density at radius 2 is 1.12 bits per heavy atom. The second kappa shape index (κ2) is 14.5. The average molecular weight is 549 g/mol. The highest BCUT2D eigenvalue weighted by Gasteiger charge is 2.33. The predicted octanol–water partition coefficient (Wildman–Crippen LogP) is 12.0. The normalized spacial score (nSPS) is 29.4. The van der Waals surface area contributed by atoms with Gasteiger partial charge in [0, 0.05) is 0 Å². The quantitative estimate of drug-likeness (QED) is 0.259. The van der Waals surface area contributed by atoms with E-state index in [1.807, 2.05) is 18.2 Å². The van der Waals surface area contributed by atoms with Gasteiger partial charge in [-0.15, -0.1) is 0 Å². The molecule has 2 aromatic rings. The van der Waals surface area contributed by atoms with Crippen LogP contribution in [0.25, 0.3) is 0 Å². The average Bonchev–Trinajstić information content (AvgIpc) is 2.99. The summed E-state index contributed by atoms with van der Waals surface area (Å²) in [7, 11) is 0. The van der Waals surface area contributed by atoms with Gasteiger partial charge in [-0.3, -0.25) is 0 Å². The lowest BCUT2D eigenvalue weighted by Gasteiger charge is -2.38. The molecule has 0 amide bonds. The number of hydrogen-bond donors (Lipinski definition) is 0. The van der Waals surface area contributed by atoms with Crippen molar-refractivity contribution in [3.63, 3.8) is 0 Å². The maximum atomic E-state index is 15.4. The van der Waals surface area contributed by atoms with Crippen LogP contribution in [0, 0.1) is 29.4 Å². The Kier molecular flexibility index (Phi) is 10.8. The molecule has 2 aromatic carbocycles.